The summed E-state index contributed by atoms with van der Waals surface area (Å²) >= 11 is 0. The molecule has 0 aliphatic carbocycles. The van der Waals surface area contributed by atoms with Gasteiger partial charge in [-0.2, -0.15) is 4.98 Å². The highest BCUT2D eigenvalue weighted by atomic mass is 16.6. The van der Waals surface area contributed by atoms with E-state index in [1.54, 1.807) is 32.9 Å². The lowest BCUT2D eigenvalue weighted by Crippen LogP contribution is -2.30. The highest BCUT2D eigenvalue weighted by Crippen LogP contribution is 2.30. The second-order valence-corrected chi connectivity index (χ2v) is 5.20. The molecule has 0 saturated carbocycles. The number of aryl methyl sites for hydroxylation is 1. The van der Waals surface area contributed by atoms with Crippen LogP contribution >= 0.6 is 0 Å². The Hall–Kier alpha value is -2.48. The van der Waals surface area contributed by atoms with Crippen LogP contribution in [0.3, 0.4) is 0 Å². The minimum Gasteiger partial charge on any atom is -0.477 e. The van der Waals surface area contributed by atoms with E-state index in [1.165, 1.54) is 6.07 Å². The van der Waals surface area contributed by atoms with Gasteiger partial charge in [0.15, 0.2) is 18.2 Å². The van der Waals surface area contributed by atoms with Crippen molar-refractivity contribution in [1.82, 2.24) is 10.1 Å². The van der Waals surface area contributed by atoms with Crippen molar-refractivity contribution in [3.8, 4) is 5.75 Å². The zero-order valence-electron chi connectivity index (χ0n) is 12.0. The molecule has 0 amide bonds. The number of rotatable bonds is 5. The Balaban J connectivity index is 2.16. The number of aromatic nitrogens is 2. The molecule has 0 saturated heterocycles. The Morgan fingerprint density at radius 1 is 1.48 bits per heavy atom. The van der Waals surface area contributed by atoms with E-state index in [9.17, 15) is 10.1 Å². The summed E-state index contributed by atoms with van der Waals surface area (Å²) in [5.41, 5.74) is 5.57. The first-order valence-corrected chi connectivity index (χ1v) is 6.28. The van der Waals surface area contributed by atoms with Crippen molar-refractivity contribution in [3.63, 3.8) is 0 Å². The molecule has 0 atom stereocenters. The lowest BCUT2D eigenvalue weighted by molar-refractivity contribution is -0.386. The molecule has 0 fully saturated rings. The Morgan fingerprint density at radius 3 is 2.76 bits per heavy atom. The number of nitrogens with zero attached hydrogens (tertiary/aromatic N) is 3. The molecule has 2 N–H and O–H groups in total. The fraction of sp³-hybridized carbons (Fsp3) is 0.385. The van der Waals surface area contributed by atoms with Gasteiger partial charge in [0, 0.05) is 5.56 Å². The molecular weight excluding hydrogens is 276 g/mol. The standard InChI is InChI=1S/C13H16N4O4/c1-8-5-4-6-9(11(8)17(18)19)20-7-10-15-12(16-21-10)13(2,3)14/h4-6H,7,14H2,1-3H3. The molecule has 0 aliphatic heterocycles. The summed E-state index contributed by atoms with van der Waals surface area (Å²) in [6.07, 6.45) is 0. The van der Waals surface area contributed by atoms with Crippen LogP contribution in [0.4, 0.5) is 5.69 Å². The van der Waals surface area contributed by atoms with Crippen LogP contribution in [0.25, 0.3) is 0 Å². The van der Waals surface area contributed by atoms with Gasteiger partial charge in [-0.15, -0.1) is 0 Å². The topological polar surface area (TPSA) is 117 Å². The van der Waals surface area contributed by atoms with Crippen LogP contribution < -0.4 is 10.5 Å². The number of para-hydroxylation sites is 1. The second-order valence-electron chi connectivity index (χ2n) is 5.20. The van der Waals surface area contributed by atoms with Crippen LogP contribution in [0, 0.1) is 17.0 Å². The van der Waals surface area contributed by atoms with Crippen LogP contribution in [0.15, 0.2) is 22.7 Å². The van der Waals surface area contributed by atoms with Crippen molar-refractivity contribution in [2.45, 2.75) is 32.9 Å². The van der Waals surface area contributed by atoms with Gasteiger partial charge >= 0.3 is 5.69 Å². The molecule has 1 heterocycles. The van der Waals surface area contributed by atoms with Gasteiger partial charge in [0.2, 0.25) is 0 Å². The number of ether oxygens (including phenoxy) is 1. The maximum Gasteiger partial charge on any atom is 0.313 e. The summed E-state index contributed by atoms with van der Waals surface area (Å²) < 4.78 is 10.4. The normalized spacial score (nSPS) is 11.4. The van der Waals surface area contributed by atoms with E-state index in [2.05, 4.69) is 10.1 Å². The van der Waals surface area contributed by atoms with E-state index in [1.807, 2.05) is 0 Å². The van der Waals surface area contributed by atoms with Gasteiger partial charge in [-0.1, -0.05) is 17.3 Å². The fourth-order valence-corrected chi connectivity index (χ4v) is 1.70. The first kappa shape index (κ1) is 14.9. The van der Waals surface area contributed by atoms with Gasteiger partial charge < -0.3 is 15.0 Å². The molecular formula is C13H16N4O4. The average molecular weight is 292 g/mol. The number of hydrogen-bond acceptors (Lipinski definition) is 7. The number of nitrogens with two attached hydrogens (primary N) is 1. The zero-order valence-corrected chi connectivity index (χ0v) is 12.0. The van der Waals surface area contributed by atoms with Crippen LogP contribution in [0.1, 0.15) is 31.1 Å². The van der Waals surface area contributed by atoms with E-state index >= 15 is 0 Å². The molecule has 112 valence electrons. The molecule has 1 aromatic heterocycles. The minimum atomic E-state index is -0.725. The lowest BCUT2D eigenvalue weighted by Gasteiger charge is -2.11. The average Bonchev–Trinajstić information content (AvgIpc) is 2.84. The summed E-state index contributed by atoms with van der Waals surface area (Å²) in [7, 11) is 0. The Bertz CT molecular complexity index is 660. The summed E-state index contributed by atoms with van der Waals surface area (Å²) in [6.45, 7) is 5.07. The SMILES string of the molecule is Cc1cccc(OCc2nc(C(C)(C)N)no2)c1[N+](=O)[O-]. The van der Waals surface area contributed by atoms with E-state index in [-0.39, 0.29) is 23.9 Å². The molecule has 0 aliphatic rings. The van der Waals surface area contributed by atoms with Crippen molar-refractivity contribution < 1.29 is 14.2 Å². The lowest BCUT2D eigenvalue weighted by atomic mass is 10.1. The summed E-state index contributed by atoms with van der Waals surface area (Å²) in [5, 5.41) is 14.8. The molecule has 2 rings (SSSR count). The van der Waals surface area contributed by atoms with Gasteiger partial charge in [-0.3, -0.25) is 10.1 Å². The predicted octanol–water partition coefficient (Wildman–Crippen LogP) is 2.06. The van der Waals surface area contributed by atoms with Gasteiger partial charge in [-0.25, -0.2) is 0 Å². The highest BCUT2D eigenvalue weighted by molar-refractivity contribution is 5.51. The molecule has 21 heavy (non-hydrogen) atoms. The Labute approximate surface area is 121 Å². The molecule has 1 aromatic carbocycles. The number of nitro groups is 1. The number of benzene rings is 1. The van der Waals surface area contributed by atoms with E-state index in [0.29, 0.717) is 11.4 Å². The van der Waals surface area contributed by atoms with Crippen molar-refractivity contribution in [2.75, 3.05) is 0 Å². The predicted molar refractivity (Wildman–Crippen MR) is 73.7 cm³/mol. The third-order valence-electron chi connectivity index (χ3n) is 2.78. The summed E-state index contributed by atoms with van der Waals surface area (Å²) in [4.78, 5) is 14.7. The van der Waals surface area contributed by atoms with Crippen molar-refractivity contribution in [3.05, 3.63) is 45.6 Å². The molecule has 2 aromatic rings. The van der Waals surface area contributed by atoms with Crippen LogP contribution in [0.2, 0.25) is 0 Å². The quantitative estimate of drug-likeness (QED) is 0.661. The summed E-state index contributed by atoms with van der Waals surface area (Å²) in [6, 6.07) is 4.85. The maximum absolute atomic E-state index is 11.0. The van der Waals surface area contributed by atoms with Gasteiger partial charge in [-0.05, 0) is 26.8 Å². The molecule has 0 unspecified atom stereocenters. The maximum atomic E-state index is 11.0. The summed E-state index contributed by atoms with van der Waals surface area (Å²) in [5.74, 6) is 0.714. The van der Waals surface area contributed by atoms with Crippen LogP contribution in [0.5, 0.6) is 5.75 Å². The van der Waals surface area contributed by atoms with Gasteiger partial charge in [0.05, 0.1) is 10.5 Å². The molecule has 0 spiro atoms. The monoisotopic (exact) mass is 292 g/mol. The largest absolute Gasteiger partial charge is 0.477 e. The Morgan fingerprint density at radius 2 is 2.19 bits per heavy atom. The van der Waals surface area contributed by atoms with Gasteiger partial charge in [0.25, 0.3) is 5.89 Å². The fourth-order valence-electron chi connectivity index (χ4n) is 1.70. The Kier molecular flexibility index (Phi) is 3.90. The molecule has 8 nitrogen and oxygen atoms in total. The third-order valence-corrected chi connectivity index (χ3v) is 2.78. The van der Waals surface area contributed by atoms with E-state index in [0.717, 1.165) is 0 Å². The first-order chi connectivity index (χ1) is 9.79. The smallest absolute Gasteiger partial charge is 0.313 e. The molecule has 0 radical (unpaired) electrons. The highest BCUT2D eigenvalue weighted by Gasteiger charge is 2.23. The molecule has 8 heteroatoms. The van der Waals surface area contributed by atoms with Gasteiger partial charge in [0.1, 0.15) is 0 Å². The zero-order chi connectivity index (χ0) is 15.6. The van der Waals surface area contributed by atoms with Crippen LogP contribution in [-0.4, -0.2) is 15.1 Å². The first-order valence-electron chi connectivity index (χ1n) is 6.28. The third kappa shape index (κ3) is 3.34. The van der Waals surface area contributed by atoms with E-state index in [4.69, 9.17) is 15.0 Å². The molecule has 0 bridgehead atoms. The minimum absolute atomic E-state index is 0.0621. The van der Waals surface area contributed by atoms with E-state index < -0.39 is 10.5 Å². The van der Waals surface area contributed by atoms with Crippen molar-refractivity contribution in [2.24, 2.45) is 5.73 Å². The van der Waals surface area contributed by atoms with Crippen molar-refractivity contribution in [1.29, 1.82) is 0 Å². The number of nitro benzene ring substituents is 1. The van der Waals surface area contributed by atoms with Crippen LogP contribution in [-0.2, 0) is 12.1 Å². The second kappa shape index (κ2) is 5.49. The van der Waals surface area contributed by atoms with Crippen molar-refractivity contribution >= 4 is 5.69 Å². The number of hydrogen-bond donors (Lipinski definition) is 1.